The molecule has 0 aliphatic heterocycles. The van der Waals surface area contributed by atoms with Crippen molar-refractivity contribution in [2.45, 2.75) is 0 Å². The minimum absolute atomic E-state index is 0.745. The van der Waals surface area contributed by atoms with Crippen molar-refractivity contribution in [2.24, 2.45) is 7.05 Å². The van der Waals surface area contributed by atoms with Crippen molar-refractivity contribution in [3.63, 3.8) is 0 Å². The van der Waals surface area contributed by atoms with E-state index >= 15 is 0 Å². The van der Waals surface area contributed by atoms with Crippen molar-refractivity contribution in [2.75, 3.05) is 17.2 Å². The SMILES string of the molecule is C[n+]1c(/C=C/c2ccc(N)cc2)c2cc(N)ccc2c2ccc(N)cc21. The summed E-state index contributed by atoms with van der Waals surface area (Å²) in [5.74, 6) is 0. The summed E-state index contributed by atoms with van der Waals surface area (Å²) >= 11 is 0. The number of pyridine rings is 1. The standard InChI is InChI=1S/C22H20N4/c1-26-21(11-4-14-2-5-15(23)6-3-14)20-12-16(24)7-9-18(20)19-10-8-17(25)13-22(19)26/h2-13H,24H2,1H3,(H3,23,25)/p+1. The third kappa shape index (κ3) is 2.71. The summed E-state index contributed by atoms with van der Waals surface area (Å²) in [6.45, 7) is 0. The van der Waals surface area contributed by atoms with Crippen LogP contribution < -0.4 is 21.8 Å². The molecule has 1 aromatic heterocycles. The first-order chi connectivity index (χ1) is 12.5. The minimum Gasteiger partial charge on any atom is -0.399 e. The van der Waals surface area contributed by atoms with E-state index in [0.29, 0.717) is 0 Å². The van der Waals surface area contributed by atoms with Crippen LogP contribution in [0.4, 0.5) is 17.1 Å². The lowest BCUT2D eigenvalue weighted by atomic mass is 10.0. The lowest BCUT2D eigenvalue weighted by molar-refractivity contribution is -0.645. The van der Waals surface area contributed by atoms with Gasteiger partial charge >= 0.3 is 0 Å². The van der Waals surface area contributed by atoms with Crippen LogP contribution in [0.1, 0.15) is 11.3 Å². The molecule has 4 aromatic rings. The van der Waals surface area contributed by atoms with Crippen LogP contribution in [0.2, 0.25) is 0 Å². The summed E-state index contributed by atoms with van der Waals surface area (Å²) < 4.78 is 2.15. The predicted molar refractivity (Wildman–Crippen MR) is 111 cm³/mol. The van der Waals surface area contributed by atoms with Gasteiger partial charge in [-0.25, -0.2) is 0 Å². The molecule has 0 fully saturated rings. The maximum Gasteiger partial charge on any atom is 0.215 e. The van der Waals surface area contributed by atoms with Crippen LogP contribution in [0.25, 0.3) is 33.8 Å². The van der Waals surface area contributed by atoms with Crippen LogP contribution in [0.3, 0.4) is 0 Å². The van der Waals surface area contributed by atoms with Crippen LogP contribution >= 0.6 is 0 Å². The van der Waals surface area contributed by atoms with Crippen molar-refractivity contribution in [1.82, 2.24) is 0 Å². The molecule has 4 heteroatoms. The molecule has 6 N–H and O–H groups in total. The second-order valence-electron chi connectivity index (χ2n) is 6.53. The Labute approximate surface area is 152 Å². The van der Waals surface area contributed by atoms with E-state index in [0.717, 1.165) is 50.0 Å². The molecule has 26 heavy (non-hydrogen) atoms. The van der Waals surface area contributed by atoms with Gasteiger partial charge in [0.05, 0.1) is 10.8 Å². The summed E-state index contributed by atoms with van der Waals surface area (Å²) in [5.41, 5.74) is 23.4. The maximum atomic E-state index is 6.07. The highest BCUT2D eigenvalue weighted by Gasteiger charge is 2.17. The average Bonchev–Trinajstić information content (AvgIpc) is 2.63. The molecule has 0 aliphatic carbocycles. The van der Waals surface area contributed by atoms with Gasteiger partial charge in [-0.3, -0.25) is 0 Å². The summed E-state index contributed by atoms with van der Waals surface area (Å²) in [7, 11) is 2.05. The highest BCUT2D eigenvalue weighted by Crippen LogP contribution is 2.29. The van der Waals surface area contributed by atoms with Gasteiger partial charge in [0.2, 0.25) is 11.2 Å². The minimum atomic E-state index is 0.745. The Kier molecular flexibility index (Phi) is 3.73. The van der Waals surface area contributed by atoms with Gasteiger partial charge in [-0.05, 0) is 48.0 Å². The second-order valence-corrected chi connectivity index (χ2v) is 6.53. The van der Waals surface area contributed by atoms with Crippen molar-refractivity contribution in [3.8, 4) is 0 Å². The van der Waals surface area contributed by atoms with E-state index in [1.165, 1.54) is 0 Å². The molecular weight excluding hydrogens is 320 g/mol. The number of hydrogen-bond donors (Lipinski definition) is 3. The molecule has 0 amide bonds. The largest absolute Gasteiger partial charge is 0.399 e. The number of nitrogens with two attached hydrogens (primary N) is 3. The maximum absolute atomic E-state index is 6.07. The Morgan fingerprint density at radius 1 is 0.654 bits per heavy atom. The van der Waals surface area contributed by atoms with Crippen molar-refractivity contribution in [3.05, 3.63) is 71.9 Å². The highest BCUT2D eigenvalue weighted by molar-refractivity contribution is 6.08. The zero-order valence-corrected chi connectivity index (χ0v) is 14.6. The van der Waals surface area contributed by atoms with Crippen molar-refractivity contribution >= 4 is 50.9 Å². The first-order valence-electron chi connectivity index (χ1n) is 8.47. The van der Waals surface area contributed by atoms with E-state index in [1.54, 1.807) is 0 Å². The number of aromatic nitrogens is 1. The normalized spacial score (nSPS) is 11.6. The zero-order chi connectivity index (χ0) is 18.3. The smallest absolute Gasteiger partial charge is 0.215 e. The van der Waals surface area contributed by atoms with Crippen LogP contribution in [-0.2, 0) is 7.05 Å². The molecule has 4 nitrogen and oxygen atoms in total. The molecule has 128 valence electrons. The Morgan fingerprint density at radius 2 is 1.27 bits per heavy atom. The number of hydrogen-bond acceptors (Lipinski definition) is 3. The lowest BCUT2D eigenvalue weighted by Gasteiger charge is -2.08. The van der Waals surface area contributed by atoms with Crippen LogP contribution in [0.15, 0.2) is 60.7 Å². The molecule has 0 aliphatic rings. The van der Waals surface area contributed by atoms with E-state index in [1.807, 2.05) is 55.6 Å². The van der Waals surface area contributed by atoms with E-state index in [4.69, 9.17) is 17.2 Å². The van der Waals surface area contributed by atoms with E-state index in [9.17, 15) is 0 Å². The third-order valence-corrected chi connectivity index (χ3v) is 4.72. The molecule has 0 atom stereocenters. The average molecular weight is 341 g/mol. The summed E-state index contributed by atoms with van der Waals surface area (Å²) in [6.07, 6.45) is 4.19. The number of aryl methyl sites for hydroxylation is 1. The van der Waals surface area contributed by atoms with Gasteiger partial charge in [0, 0.05) is 34.6 Å². The second kappa shape index (κ2) is 6.08. The topological polar surface area (TPSA) is 81.9 Å². The van der Waals surface area contributed by atoms with Gasteiger partial charge in [0.1, 0.15) is 7.05 Å². The number of nitrogen functional groups attached to an aromatic ring is 3. The van der Waals surface area contributed by atoms with Crippen molar-refractivity contribution < 1.29 is 4.57 Å². The molecule has 0 saturated carbocycles. The molecule has 0 radical (unpaired) electrons. The van der Waals surface area contributed by atoms with E-state index in [-0.39, 0.29) is 0 Å². The Morgan fingerprint density at radius 3 is 2.00 bits per heavy atom. The number of anilines is 3. The van der Waals surface area contributed by atoms with Crippen LogP contribution in [-0.4, -0.2) is 0 Å². The molecule has 4 rings (SSSR count). The number of fused-ring (bicyclic) bond motifs is 3. The van der Waals surface area contributed by atoms with Crippen LogP contribution in [0, 0.1) is 0 Å². The zero-order valence-electron chi connectivity index (χ0n) is 14.6. The first-order valence-corrected chi connectivity index (χ1v) is 8.47. The lowest BCUT2D eigenvalue weighted by Crippen LogP contribution is -2.33. The summed E-state index contributed by atoms with van der Waals surface area (Å²) in [6, 6.07) is 19.8. The molecule has 0 bridgehead atoms. The van der Waals surface area contributed by atoms with Gasteiger partial charge in [-0.2, -0.15) is 4.57 Å². The number of rotatable bonds is 2. The van der Waals surface area contributed by atoms with Gasteiger partial charge < -0.3 is 17.2 Å². The van der Waals surface area contributed by atoms with Gasteiger partial charge in [-0.1, -0.05) is 18.2 Å². The molecular formula is C22H21N4+. The fraction of sp³-hybridized carbons (Fsp3) is 0.0455. The molecule has 3 aromatic carbocycles. The Balaban J connectivity index is 2.00. The van der Waals surface area contributed by atoms with Gasteiger partial charge in [-0.15, -0.1) is 0 Å². The van der Waals surface area contributed by atoms with E-state index < -0.39 is 0 Å². The third-order valence-electron chi connectivity index (χ3n) is 4.72. The van der Waals surface area contributed by atoms with Crippen LogP contribution in [0.5, 0.6) is 0 Å². The summed E-state index contributed by atoms with van der Waals surface area (Å²) in [5, 5.41) is 3.42. The number of nitrogens with zero attached hydrogens (tertiary/aromatic N) is 1. The summed E-state index contributed by atoms with van der Waals surface area (Å²) in [4.78, 5) is 0. The fourth-order valence-corrected chi connectivity index (χ4v) is 3.36. The monoisotopic (exact) mass is 341 g/mol. The highest BCUT2D eigenvalue weighted by atomic mass is 14.9. The number of benzene rings is 3. The molecule has 0 spiro atoms. The first kappa shape index (κ1) is 16.0. The molecule has 0 unspecified atom stereocenters. The Bertz CT molecular complexity index is 1160. The van der Waals surface area contributed by atoms with Gasteiger partial charge in [0.15, 0.2) is 0 Å². The molecule has 0 saturated heterocycles. The van der Waals surface area contributed by atoms with Crippen molar-refractivity contribution in [1.29, 1.82) is 0 Å². The quantitative estimate of drug-likeness (QED) is 0.295. The predicted octanol–water partition coefficient (Wildman–Crippen LogP) is 3.73. The fourth-order valence-electron chi connectivity index (χ4n) is 3.36. The molecule has 1 heterocycles. The van der Waals surface area contributed by atoms with Gasteiger partial charge in [0.25, 0.3) is 0 Å². The Hall–Kier alpha value is -3.53. The van der Waals surface area contributed by atoms with E-state index in [2.05, 4.69) is 28.9 Å².